The van der Waals surface area contributed by atoms with Crippen LogP contribution in [0.25, 0.3) is 77.0 Å². The van der Waals surface area contributed by atoms with Gasteiger partial charge < -0.3 is 18.9 Å². The fourth-order valence-electron chi connectivity index (χ4n) is 9.82. The second-order valence-electron chi connectivity index (χ2n) is 15.5. The Morgan fingerprint density at radius 1 is 0.370 bits per heavy atom. The maximum atomic E-state index is 2.68. The van der Waals surface area contributed by atoms with Crippen molar-refractivity contribution in [2.75, 3.05) is 36.0 Å². The number of rotatable bonds is 7. The summed E-state index contributed by atoms with van der Waals surface area (Å²) < 4.78 is 4.90. The van der Waals surface area contributed by atoms with E-state index in [0.717, 1.165) is 39.3 Å². The van der Waals surface area contributed by atoms with E-state index in [-0.39, 0.29) is 0 Å². The van der Waals surface area contributed by atoms with Crippen molar-refractivity contribution >= 4 is 55.0 Å². The van der Waals surface area contributed by atoms with E-state index >= 15 is 0 Å². The van der Waals surface area contributed by atoms with Crippen LogP contribution in [-0.2, 0) is 13.1 Å². The Hall–Kier alpha value is -5.48. The van der Waals surface area contributed by atoms with Crippen molar-refractivity contribution in [3.63, 3.8) is 0 Å². The van der Waals surface area contributed by atoms with E-state index < -0.39 is 0 Å². The first-order chi connectivity index (χ1) is 26.7. The first-order valence-electron chi connectivity index (χ1n) is 20.5. The van der Waals surface area contributed by atoms with Gasteiger partial charge in [-0.05, 0) is 123 Å². The van der Waals surface area contributed by atoms with Gasteiger partial charge in [0.1, 0.15) is 0 Å². The highest BCUT2D eigenvalue weighted by atomic mass is 15.1. The number of hydrogen-bond acceptors (Lipinski definition) is 2. The van der Waals surface area contributed by atoms with Crippen molar-refractivity contribution in [1.82, 2.24) is 9.13 Å². The number of hydrogen-bond donors (Lipinski definition) is 0. The maximum Gasteiger partial charge on any atom is 0.0491 e. The predicted molar refractivity (Wildman–Crippen MR) is 232 cm³/mol. The molecule has 0 bridgehead atoms. The molecule has 0 spiro atoms. The third kappa shape index (κ3) is 5.49. The van der Waals surface area contributed by atoms with E-state index in [9.17, 15) is 0 Å². The molecule has 0 aliphatic carbocycles. The summed E-state index contributed by atoms with van der Waals surface area (Å²) in [6, 6.07) is 46.6. The Morgan fingerprint density at radius 2 is 0.741 bits per heavy atom. The van der Waals surface area contributed by atoms with Gasteiger partial charge in [0.05, 0.1) is 0 Å². The van der Waals surface area contributed by atoms with Crippen LogP contribution in [0.4, 0.5) is 11.4 Å². The number of benzene rings is 6. The van der Waals surface area contributed by atoms with Crippen LogP contribution < -0.4 is 9.80 Å². The lowest BCUT2D eigenvalue weighted by molar-refractivity contribution is 0.577. The van der Waals surface area contributed by atoms with Gasteiger partial charge in [0.15, 0.2) is 0 Å². The van der Waals surface area contributed by atoms with Gasteiger partial charge in [-0.15, -0.1) is 0 Å². The second-order valence-corrected chi connectivity index (χ2v) is 15.5. The summed E-state index contributed by atoms with van der Waals surface area (Å²) in [6.07, 6.45) is 7.64. The molecular weight excluding hydrogens is 657 g/mol. The van der Waals surface area contributed by atoms with Crippen LogP contribution in [0.1, 0.15) is 52.4 Å². The maximum absolute atomic E-state index is 2.68. The quantitative estimate of drug-likeness (QED) is 0.164. The summed E-state index contributed by atoms with van der Waals surface area (Å²) in [6.45, 7) is 10.9. The Morgan fingerprint density at radius 3 is 1.17 bits per heavy atom. The van der Waals surface area contributed by atoms with Crippen LogP contribution in [0.15, 0.2) is 121 Å². The predicted octanol–water partition coefficient (Wildman–Crippen LogP) is 12.9. The summed E-state index contributed by atoms with van der Waals surface area (Å²) in [5, 5.41) is 5.36. The molecule has 4 heterocycles. The minimum absolute atomic E-state index is 0.965. The minimum atomic E-state index is 0.965. The summed E-state index contributed by atoms with van der Waals surface area (Å²) in [4.78, 5) is 5.35. The van der Waals surface area contributed by atoms with E-state index in [1.807, 2.05) is 0 Å². The largest absolute Gasteiger partial charge is 0.371 e. The van der Waals surface area contributed by atoms with E-state index in [2.05, 4.69) is 154 Å². The van der Waals surface area contributed by atoms with Crippen molar-refractivity contribution in [2.45, 2.75) is 65.5 Å². The molecule has 10 rings (SSSR count). The monoisotopic (exact) mass is 706 g/mol. The second kappa shape index (κ2) is 13.7. The average Bonchev–Trinajstić information content (AvgIpc) is 3.75. The zero-order valence-electron chi connectivity index (χ0n) is 31.8. The molecule has 6 aromatic carbocycles. The molecule has 0 radical (unpaired) electrons. The smallest absolute Gasteiger partial charge is 0.0491 e. The van der Waals surface area contributed by atoms with Gasteiger partial charge in [0.2, 0.25) is 0 Å². The molecule has 270 valence electrons. The highest BCUT2D eigenvalue weighted by molar-refractivity contribution is 6.10. The molecule has 0 atom stereocenters. The van der Waals surface area contributed by atoms with Crippen LogP contribution in [-0.4, -0.2) is 35.3 Å². The molecule has 0 amide bonds. The topological polar surface area (TPSA) is 16.3 Å². The van der Waals surface area contributed by atoms with Crippen molar-refractivity contribution in [2.24, 2.45) is 0 Å². The zero-order chi connectivity index (χ0) is 36.2. The van der Waals surface area contributed by atoms with Crippen LogP contribution in [0.3, 0.4) is 0 Å². The third-order valence-corrected chi connectivity index (χ3v) is 12.5. The highest BCUT2D eigenvalue weighted by Crippen LogP contribution is 2.44. The summed E-state index contributed by atoms with van der Waals surface area (Å²) in [5.74, 6) is 0. The Labute approximate surface area is 319 Å². The molecule has 2 aromatic heterocycles. The number of piperidine rings is 2. The van der Waals surface area contributed by atoms with Crippen molar-refractivity contribution in [3.8, 4) is 33.4 Å². The standard InChI is InChI=1S/C50H50N4/c1-3-53-45-17-9-7-15-39(45)43-31-35(21-25-47(43)53)37-19-23-41(49(33-37)51-27-11-5-12-28-51)42-24-20-38(34-50(42)52-29-13-6-14-30-52)36-22-26-48-44(32-36)40-16-8-10-18-46(40)54(48)4-2/h7-10,15-26,31-34H,3-6,11-14,27-30H2,1-2H3. The summed E-state index contributed by atoms with van der Waals surface area (Å²) >= 11 is 0. The Kier molecular flexibility index (Phi) is 8.42. The number of aryl methyl sites for hydroxylation is 2. The summed E-state index contributed by atoms with van der Waals surface area (Å²) in [7, 11) is 0. The van der Waals surface area contributed by atoms with Crippen LogP contribution in [0.2, 0.25) is 0 Å². The highest BCUT2D eigenvalue weighted by Gasteiger charge is 2.23. The van der Waals surface area contributed by atoms with E-state index in [1.54, 1.807) is 0 Å². The minimum Gasteiger partial charge on any atom is -0.371 e. The first-order valence-corrected chi connectivity index (χ1v) is 20.5. The van der Waals surface area contributed by atoms with Crippen molar-refractivity contribution < 1.29 is 0 Å². The van der Waals surface area contributed by atoms with Gasteiger partial charge in [-0.25, -0.2) is 0 Å². The lowest BCUT2D eigenvalue weighted by Crippen LogP contribution is -2.31. The molecule has 2 aliphatic rings. The fourth-order valence-corrected chi connectivity index (χ4v) is 9.82. The number of para-hydroxylation sites is 2. The number of fused-ring (bicyclic) bond motifs is 6. The molecule has 8 aromatic rings. The van der Waals surface area contributed by atoms with Crippen LogP contribution in [0.5, 0.6) is 0 Å². The average molecular weight is 707 g/mol. The molecule has 0 N–H and O–H groups in total. The van der Waals surface area contributed by atoms with E-state index in [0.29, 0.717) is 0 Å². The van der Waals surface area contributed by atoms with Crippen molar-refractivity contribution in [3.05, 3.63) is 121 Å². The lowest BCUT2D eigenvalue weighted by Gasteiger charge is -2.34. The van der Waals surface area contributed by atoms with E-state index in [1.165, 1.54) is 127 Å². The van der Waals surface area contributed by atoms with Gasteiger partial charge in [-0.2, -0.15) is 0 Å². The molecule has 0 unspecified atom stereocenters. The van der Waals surface area contributed by atoms with Gasteiger partial charge in [0.25, 0.3) is 0 Å². The normalized spacial score (nSPS) is 15.3. The zero-order valence-corrected chi connectivity index (χ0v) is 31.8. The lowest BCUT2D eigenvalue weighted by atomic mass is 9.92. The number of anilines is 2. The molecular formula is C50H50N4. The van der Waals surface area contributed by atoms with Gasteiger partial charge >= 0.3 is 0 Å². The fraction of sp³-hybridized carbons (Fsp3) is 0.280. The molecule has 54 heavy (non-hydrogen) atoms. The van der Waals surface area contributed by atoms with Crippen LogP contribution in [0, 0.1) is 0 Å². The van der Waals surface area contributed by atoms with Gasteiger partial charge in [0, 0.05) is 105 Å². The third-order valence-electron chi connectivity index (χ3n) is 12.5. The Bertz CT molecular complexity index is 2480. The van der Waals surface area contributed by atoms with E-state index in [4.69, 9.17) is 0 Å². The Balaban J connectivity index is 1.12. The number of nitrogens with zero attached hydrogens (tertiary/aromatic N) is 4. The first kappa shape index (κ1) is 33.1. The molecule has 4 heteroatoms. The molecule has 2 aliphatic heterocycles. The summed E-state index contributed by atoms with van der Waals surface area (Å²) in [5.41, 5.74) is 15.9. The molecule has 0 saturated carbocycles. The van der Waals surface area contributed by atoms with Crippen LogP contribution >= 0.6 is 0 Å². The molecule has 4 nitrogen and oxygen atoms in total. The van der Waals surface area contributed by atoms with Crippen molar-refractivity contribution in [1.29, 1.82) is 0 Å². The van der Waals surface area contributed by atoms with Gasteiger partial charge in [-0.1, -0.05) is 72.8 Å². The molecule has 2 fully saturated rings. The number of aromatic nitrogens is 2. The molecule has 2 saturated heterocycles. The van der Waals surface area contributed by atoms with Gasteiger partial charge in [-0.3, -0.25) is 0 Å². The SMILES string of the molecule is CCn1c2ccccc2c2cc(-c3ccc(-c4ccc(-c5ccc6c(c5)c5ccccc5n6CC)cc4N4CCCCC4)c(N4CCCCC4)c3)ccc21.